The van der Waals surface area contributed by atoms with E-state index in [4.69, 9.17) is 4.74 Å². The van der Waals surface area contributed by atoms with Gasteiger partial charge in [-0.1, -0.05) is 18.2 Å². The van der Waals surface area contributed by atoms with Gasteiger partial charge in [-0.25, -0.2) is 8.42 Å². The van der Waals surface area contributed by atoms with Gasteiger partial charge in [-0.2, -0.15) is 0 Å². The Hall–Kier alpha value is -2.51. The zero-order valence-corrected chi connectivity index (χ0v) is 16.1. The van der Waals surface area contributed by atoms with Crippen molar-refractivity contribution >= 4 is 38.4 Å². The fourth-order valence-corrected chi connectivity index (χ4v) is 4.38. The number of rotatable bonds is 7. The zero-order chi connectivity index (χ0) is 18.6. The van der Waals surface area contributed by atoms with Gasteiger partial charge in [0.2, 0.25) is 0 Å². The van der Waals surface area contributed by atoms with Crippen LogP contribution in [0.25, 0.3) is 0 Å². The van der Waals surface area contributed by atoms with Crippen molar-refractivity contribution in [3.05, 3.63) is 66.0 Å². The molecule has 0 radical (unpaired) electrons. The Labute approximate surface area is 157 Å². The smallest absolute Gasteiger partial charge is 0.271 e. The Morgan fingerprint density at radius 1 is 0.923 bits per heavy atom. The number of benzene rings is 2. The quantitative estimate of drug-likeness (QED) is 0.592. The van der Waals surface area contributed by atoms with Gasteiger partial charge in [0, 0.05) is 11.4 Å². The first kappa shape index (κ1) is 18.3. The lowest BCUT2D eigenvalue weighted by Crippen LogP contribution is -2.11. The molecule has 136 valence electrons. The van der Waals surface area contributed by atoms with Gasteiger partial charge in [0.1, 0.15) is 9.96 Å². The first-order valence-corrected chi connectivity index (χ1v) is 10.5. The SMILES string of the molecule is CC(C)Oc1ccccc1Nc1ccc(NS(=O)(=O)c2cccs2)cc1. The Bertz CT molecular complexity index is 951. The molecule has 0 amide bonds. The Balaban J connectivity index is 1.73. The summed E-state index contributed by atoms with van der Waals surface area (Å²) in [6.45, 7) is 3.95. The van der Waals surface area contributed by atoms with E-state index in [-0.39, 0.29) is 6.10 Å². The minimum absolute atomic E-state index is 0.0759. The molecule has 0 aliphatic heterocycles. The van der Waals surface area contributed by atoms with Crippen molar-refractivity contribution in [3.63, 3.8) is 0 Å². The summed E-state index contributed by atoms with van der Waals surface area (Å²) in [6.07, 6.45) is 0.0759. The molecule has 3 rings (SSSR count). The number of ether oxygens (including phenoxy) is 1. The van der Waals surface area contributed by atoms with Gasteiger partial charge in [0.15, 0.2) is 0 Å². The summed E-state index contributed by atoms with van der Waals surface area (Å²) in [6, 6.07) is 18.1. The van der Waals surface area contributed by atoms with Crippen LogP contribution in [-0.4, -0.2) is 14.5 Å². The summed E-state index contributed by atoms with van der Waals surface area (Å²) in [5, 5.41) is 5.03. The fourth-order valence-electron chi connectivity index (χ4n) is 2.33. The largest absolute Gasteiger partial charge is 0.489 e. The minimum atomic E-state index is -3.53. The maximum absolute atomic E-state index is 12.3. The van der Waals surface area contributed by atoms with E-state index < -0.39 is 10.0 Å². The summed E-state index contributed by atoms with van der Waals surface area (Å²) in [4.78, 5) is 0. The Morgan fingerprint density at radius 2 is 1.62 bits per heavy atom. The summed E-state index contributed by atoms with van der Waals surface area (Å²) >= 11 is 1.18. The molecule has 0 unspecified atom stereocenters. The van der Waals surface area contributed by atoms with Gasteiger partial charge in [-0.3, -0.25) is 4.72 Å². The molecule has 1 aromatic heterocycles. The number of thiophene rings is 1. The van der Waals surface area contributed by atoms with Gasteiger partial charge in [0.05, 0.1) is 11.8 Å². The average molecular weight is 389 g/mol. The van der Waals surface area contributed by atoms with Crippen LogP contribution in [0.1, 0.15) is 13.8 Å². The highest BCUT2D eigenvalue weighted by molar-refractivity contribution is 7.94. The minimum Gasteiger partial charge on any atom is -0.489 e. The number of para-hydroxylation sites is 2. The van der Waals surface area contributed by atoms with E-state index in [2.05, 4.69) is 10.0 Å². The van der Waals surface area contributed by atoms with Gasteiger partial charge < -0.3 is 10.1 Å². The lowest BCUT2D eigenvalue weighted by molar-refractivity contribution is 0.244. The molecule has 0 saturated heterocycles. The van der Waals surface area contributed by atoms with Crippen LogP contribution in [0.5, 0.6) is 5.75 Å². The van der Waals surface area contributed by atoms with Gasteiger partial charge in [-0.15, -0.1) is 11.3 Å². The van der Waals surface area contributed by atoms with Crippen LogP contribution in [0.3, 0.4) is 0 Å². The lowest BCUT2D eigenvalue weighted by Gasteiger charge is -2.15. The van der Waals surface area contributed by atoms with Gasteiger partial charge >= 0.3 is 0 Å². The van der Waals surface area contributed by atoms with Gasteiger partial charge in [-0.05, 0) is 61.7 Å². The van der Waals surface area contributed by atoms with Crippen LogP contribution in [0, 0.1) is 0 Å². The molecule has 26 heavy (non-hydrogen) atoms. The third-order valence-corrected chi connectivity index (χ3v) is 6.20. The highest BCUT2D eigenvalue weighted by Gasteiger charge is 2.15. The number of hydrogen-bond donors (Lipinski definition) is 2. The van der Waals surface area contributed by atoms with E-state index in [0.717, 1.165) is 17.1 Å². The third-order valence-electron chi connectivity index (χ3n) is 3.43. The van der Waals surface area contributed by atoms with Crippen LogP contribution in [0.15, 0.2) is 70.3 Å². The van der Waals surface area contributed by atoms with Crippen molar-refractivity contribution in [1.82, 2.24) is 0 Å². The third kappa shape index (κ3) is 4.56. The first-order valence-electron chi connectivity index (χ1n) is 8.13. The maximum atomic E-state index is 12.3. The van der Waals surface area contributed by atoms with Crippen molar-refractivity contribution in [3.8, 4) is 5.75 Å². The van der Waals surface area contributed by atoms with Crippen molar-refractivity contribution in [2.75, 3.05) is 10.0 Å². The molecule has 0 fully saturated rings. The summed E-state index contributed by atoms with van der Waals surface area (Å²) < 4.78 is 33.2. The number of anilines is 3. The zero-order valence-electron chi connectivity index (χ0n) is 14.5. The lowest BCUT2D eigenvalue weighted by atomic mass is 10.2. The molecule has 5 nitrogen and oxygen atoms in total. The van der Waals surface area contributed by atoms with Gasteiger partial charge in [0.25, 0.3) is 10.0 Å². The average Bonchev–Trinajstić information content (AvgIpc) is 3.13. The molecule has 7 heteroatoms. The fraction of sp³-hybridized carbons (Fsp3) is 0.158. The van der Waals surface area contributed by atoms with Crippen molar-refractivity contribution in [2.24, 2.45) is 0 Å². The number of hydrogen-bond acceptors (Lipinski definition) is 5. The molecule has 0 saturated carbocycles. The van der Waals surface area contributed by atoms with Crippen molar-refractivity contribution in [1.29, 1.82) is 0 Å². The monoisotopic (exact) mass is 388 g/mol. The van der Waals surface area contributed by atoms with E-state index in [0.29, 0.717) is 9.90 Å². The van der Waals surface area contributed by atoms with Crippen molar-refractivity contribution < 1.29 is 13.2 Å². The van der Waals surface area contributed by atoms with Crippen LogP contribution in [0.2, 0.25) is 0 Å². The summed E-state index contributed by atoms with van der Waals surface area (Å²) in [5.74, 6) is 0.768. The van der Waals surface area contributed by atoms with E-state index in [1.807, 2.05) is 50.2 Å². The number of nitrogens with one attached hydrogen (secondary N) is 2. The van der Waals surface area contributed by atoms with Crippen LogP contribution in [-0.2, 0) is 10.0 Å². The molecule has 2 aromatic carbocycles. The predicted octanol–water partition coefficient (Wildman–Crippen LogP) is 5.08. The summed E-state index contributed by atoms with van der Waals surface area (Å²) in [7, 11) is -3.53. The van der Waals surface area contributed by atoms with Crippen LogP contribution in [0.4, 0.5) is 17.1 Å². The molecule has 0 aliphatic rings. The van der Waals surface area contributed by atoms with E-state index >= 15 is 0 Å². The highest BCUT2D eigenvalue weighted by Crippen LogP contribution is 2.29. The molecular weight excluding hydrogens is 368 g/mol. The molecule has 1 heterocycles. The van der Waals surface area contributed by atoms with E-state index in [1.165, 1.54) is 11.3 Å². The second kappa shape index (κ2) is 7.80. The second-order valence-electron chi connectivity index (χ2n) is 5.90. The normalized spacial score (nSPS) is 11.3. The van der Waals surface area contributed by atoms with Crippen molar-refractivity contribution in [2.45, 2.75) is 24.2 Å². The van der Waals surface area contributed by atoms with Crippen LogP contribution < -0.4 is 14.8 Å². The summed E-state index contributed by atoms with van der Waals surface area (Å²) in [5.41, 5.74) is 2.20. The number of sulfonamides is 1. The first-order chi connectivity index (χ1) is 12.4. The Kier molecular flexibility index (Phi) is 5.49. The Morgan fingerprint density at radius 3 is 2.27 bits per heavy atom. The molecule has 0 aliphatic carbocycles. The maximum Gasteiger partial charge on any atom is 0.271 e. The molecule has 0 spiro atoms. The van der Waals surface area contributed by atoms with E-state index in [1.54, 1.807) is 29.6 Å². The second-order valence-corrected chi connectivity index (χ2v) is 8.76. The van der Waals surface area contributed by atoms with E-state index in [9.17, 15) is 8.42 Å². The topological polar surface area (TPSA) is 67.4 Å². The molecule has 0 bridgehead atoms. The molecule has 3 aromatic rings. The van der Waals surface area contributed by atoms with Crippen LogP contribution >= 0.6 is 11.3 Å². The highest BCUT2D eigenvalue weighted by atomic mass is 32.2. The standard InChI is InChI=1S/C19H20N2O3S2/c1-14(2)24-18-7-4-3-6-17(18)20-15-9-11-16(12-10-15)21-26(22,23)19-8-5-13-25-19/h3-14,20-21H,1-2H3. The molecule has 2 N–H and O–H groups in total. The molecular formula is C19H20N2O3S2. The predicted molar refractivity (Wildman–Crippen MR) is 107 cm³/mol. The molecule has 0 atom stereocenters.